The van der Waals surface area contributed by atoms with Crippen LogP contribution in [0.15, 0.2) is 0 Å². The maximum atomic E-state index is 11.5. The fraction of sp³-hybridized carbons (Fsp3) is 0.727. The van der Waals surface area contributed by atoms with Crippen molar-refractivity contribution in [2.45, 2.75) is 32.6 Å². The molecule has 5 nitrogen and oxygen atoms in total. The quantitative estimate of drug-likeness (QED) is 0.829. The molecule has 2 heterocycles. The lowest BCUT2D eigenvalue weighted by Crippen LogP contribution is -2.19. The van der Waals surface area contributed by atoms with Gasteiger partial charge in [-0.2, -0.15) is 0 Å². The molecule has 17 heavy (non-hydrogen) atoms. The molecular weight excluding hydrogens is 238 g/mol. The lowest BCUT2D eigenvalue weighted by molar-refractivity contribution is 0.544. The number of nitrogens with one attached hydrogen (secondary N) is 2. The van der Waals surface area contributed by atoms with Crippen LogP contribution in [0.2, 0.25) is 0 Å². The molecule has 0 atom stereocenters. The van der Waals surface area contributed by atoms with Crippen LogP contribution in [0.3, 0.4) is 0 Å². The van der Waals surface area contributed by atoms with E-state index in [9.17, 15) is 8.42 Å². The van der Waals surface area contributed by atoms with Gasteiger partial charge in [-0.25, -0.2) is 13.4 Å². The van der Waals surface area contributed by atoms with E-state index in [0.29, 0.717) is 18.9 Å². The highest BCUT2D eigenvalue weighted by Gasteiger charge is 2.24. The SMILES string of the molecule is CC(C)CNCc1nc2c([nH]1)CS(=O)(=O)CC2. The summed E-state index contributed by atoms with van der Waals surface area (Å²) in [7, 11) is -2.91. The molecule has 0 aromatic carbocycles. The van der Waals surface area contributed by atoms with Gasteiger partial charge in [-0.1, -0.05) is 13.8 Å². The van der Waals surface area contributed by atoms with Crippen LogP contribution in [0.25, 0.3) is 0 Å². The van der Waals surface area contributed by atoms with Crippen molar-refractivity contribution in [3.8, 4) is 0 Å². The molecule has 96 valence electrons. The summed E-state index contributed by atoms with van der Waals surface area (Å²) < 4.78 is 22.9. The second-order valence-electron chi connectivity index (χ2n) is 4.98. The zero-order valence-corrected chi connectivity index (χ0v) is 11.1. The number of rotatable bonds is 4. The Balaban J connectivity index is 2.01. The first-order valence-electron chi connectivity index (χ1n) is 5.94. The number of aromatic amines is 1. The highest BCUT2D eigenvalue weighted by Crippen LogP contribution is 2.18. The van der Waals surface area contributed by atoms with Gasteiger partial charge in [0.05, 0.1) is 29.4 Å². The van der Waals surface area contributed by atoms with Crippen LogP contribution in [0, 0.1) is 5.92 Å². The molecule has 0 amide bonds. The van der Waals surface area contributed by atoms with Crippen LogP contribution >= 0.6 is 0 Å². The Labute approximate surface area is 102 Å². The molecule has 0 saturated heterocycles. The Morgan fingerprint density at radius 3 is 2.94 bits per heavy atom. The van der Waals surface area contributed by atoms with Crippen molar-refractivity contribution < 1.29 is 8.42 Å². The minimum atomic E-state index is -2.91. The number of fused-ring (bicyclic) bond motifs is 1. The van der Waals surface area contributed by atoms with E-state index in [4.69, 9.17) is 0 Å². The fourth-order valence-electron chi connectivity index (χ4n) is 1.94. The second kappa shape index (κ2) is 4.78. The number of imidazole rings is 1. The highest BCUT2D eigenvalue weighted by atomic mass is 32.2. The van der Waals surface area contributed by atoms with Gasteiger partial charge in [0, 0.05) is 6.42 Å². The van der Waals surface area contributed by atoms with Crippen LogP contribution in [-0.2, 0) is 28.6 Å². The van der Waals surface area contributed by atoms with Gasteiger partial charge < -0.3 is 10.3 Å². The number of nitrogens with zero attached hydrogens (tertiary/aromatic N) is 1. The van der Waals surface area contributed by atoms with Gasteiger partial charge in [0.2, 0.25) is 0 Å². The van der Waals surface area contributed by atoms with Crippen molar-refractivity contribution in [1.82, 2.24) is 15.3 Å². The van der Waals surface area contributed by atoms with Gasteiger partial charge in [0.15, 0.2) is 9.84 Å². The van der Waals surface area contributed by atoms with E-state index in [0.717, 1.165) is 23.8 Å². The van der Waals surface area contributed by atoms with Gasteiger partial charge >= 0.3 is 0 Å². The summed E-state index contributed by atoms with van der Waals surface area (Å²) in [6, 6.07) is 0. The number of sulfone groups is 1. The third-order valence-electron chi connectivity index (χ3n) is 2.77. The summed E-state index contributed by atoms with van der Waals surface area (Å²) in [5.74, 6) is 1.77. The summed E-state index contributed by atoms with van der Waals surface area (Å²) in [5, 5.41) is 3.29. The van der Waals surface area contributed by atoms with Crippen molar-refractivity contribution in [1.29, 1.82) is 0 Å². The fourth-order valence-corrected chi connectivity index (χ4v) is 3.27. The van der Waals surface area contributed by atoms with Crippen molar-refractivity contribution in [2.75, 3.05) is 12.3 Å². The maximum Gasteiger partial charge on any atom is 0.156 e. The van der Waals surface area contributed by atoms with Crippen LogP contribution in [0.5, 0.6) is 0 Å². The van der Waals surface area contributed by atoms with Crippen molar-refractivity contribution >= 4 is 9.84 Å². The van der Waals surface area contributed by atoms with Crippen LogP contribution in [0.4, 0.5) is 0 Å². The first-order valence-corrected chi connectivity index (χ1v) is 7.76. The minimum absolute atomic E-state index is 0.111. The van der Waals surface area contributed by atoms with Crippen molar-refractivity contribution in [3.63, 3.8) is 0 Å². The molecule has 1 aliphatic rings. The molecule has 0 unspecified atom stereocenters. The summed E-state index contributed by atoms with van der Waals surface area (Å²) in [5.41, 5.74) is 1.69. The second-order valence-corrected chi connectivity index (χ2v) is 7.16. The Bertz CT molecular complexity index is 491. The first-order chi connectivity index (χ1) is 7.96. The van der Waals surface area contributed by atoms with E-state index < -0.39 is 9.84 Å². The third kappa shape index (κ3) is 3.29. The predicted molar refractivity (Wildman–Crippen MR) is 66.3 cm³/mol. The molecule has 1 aromatic rings. The molecule has 1 aromatic heterocycles. The lowest BCUT2D eigenvalue weighted by atomic mass is 10.2. The number of hydrogen-bond acceptors (Lipinski definition) is 4. The average Bonchev–Trinajstić information content (AvgIpc) is 2.57. The molecule has 0 radical (unpaired) electrons. The Hall–Kier alpha value is -0.880. The van der Waals surface area contributed by atoms with Crippen molar-refractivity contribution in [3.05, 3.63) is 17.2 Å². The summed E-state index contributed by atoms with van der Waals surface area (Å²) in [6.45, 7) is 5.90. The molecule has 2 N–H and O–H groups in total. The highest BCUT2D eigenvalue weighted by molar-refractivity contribution is 7.90. The standard InChI is InChI=1S/C11H19N3O2S/c1-8(2)5-12-6-11-13-9-3-4-17(15,16)7-10(9)14-11/h8,12H,3-7H2,1-2H3,(H,13,14). The Morgan fingerprint density at radius 1 is 1.47 bits per heavy atom. The van der Waals surface area contributed by atoms with Crippen molar-refractivity contribution in [2.24, 2.45) is 5.92 Å². The number of hydrogen-bond donors (Lipinski definition) is 2. The van der Waals surface area contributed by atoms with E-state index in [-0.39, 0.29) is 11.5 Å². The molecule has 0 saturated carbocycles. The number of H-pyrrole nitrogens is 1. The van der Waals surface area contributed by atoms with Gasteiger partial charge in [-0.05, 0) is 12.5 Å². The monoisotopic (exact) mass is 257 g/mol. The van der Waals surface area contributed by atoms with E-state index in [2.05, 4.69) is 29.1 Å². The lowest BCUT2D eigenvalue weighted by Gasteiger charge is -2.09. The molecule has 0 bridgehead atoms. The Kier molecular flexibility index (Phi) is 3.53. The predicted octanol–water partition coefficient (Wildman–Crippen LogP) is 0.626. The average molecular weight is 257 g/mol. The van der Waals surface area contributed by atoms with E-state index in [1.807, 2.05) is 0 Å². The topological polar surface area (TPSA) is 74.8 Å². The van der Waals surface area contributed by atoms with Gasteiger partial charge in [-0.3, -0.25) is 0 Å². The Morgan fingerprint density at radius 2 is 2.24 bits per heavy atom. The summed E-state index contributed by atoms with van der Waals surface area (Å²) in [6.07, 6.45) is 0.540. The van der Waals surface area contributed by atoms with Crippen LogP contribution in [-0.4, -0.2) is 30.7 Å². The minimum Gasteiger partial charge on any atom is -0.344 e. The molecule has 2 rings (SSSR count). The number of aromatic nitrogens is 2. The molecule has 0 fully saturated rings. The van der Waals surface area contributed by atoms with Gasteiger partial charge in [-0.15, -0.1) is 0 Å². The summed E-state index contributed by atoms with van der Waals surface area (Å²) >= 11 is 0. The molecule has 0 spiro atoms. The number of aryl methyl sites for hydroxylation is 1. The van der Waals surface area contributed by atoms with Crippen LogP contribution in [0.1, 0.15) is 31.1 Å². The smallest absolute Gasteiger partial charge is 0.156 e. The van der Waals surface area contributed by atoms with Gasteiger partial charge in [0.25, 0.3) is 0 Å². The third-order valence-corrected chi connectivity index (χ3v) is 4.33. The maximum absolute atomic E-state index is 11.5. The molecule has 6 heteroatoms. The normalized spacial score (nSPS) is 18.3. The van der Waals surface area contributed by atoms with E-state index >= 15 is 0 Å². The zero-order chi connectivity index (χ0) is 12.5. The van der Waals surface area contributed by atoms with Crippen LogP contribution < -0.4 is 5.32 Å². The summed E-state index contributed by atoms with van der Waals surface area (Å²) in [4.78, 5) is 7.54. The largest absolute Gasteiger partial charge is 0.344 e. The zero-order valence-electron chi connectivity index (χ0n) is 10.3. The molecule has 1 aliphatic heterocycles. The van der Waals surface area contributed by atoms with Gasteiger partial charge in [0.1, 0.15) is 5.82 Å². The first kappa shape index (κ1) is 12.6. The van der Waals surface area contributed by atoms with E-state index in [1.54, 1.807) is 0 Å². The van der Waals surface area contributed by atoms with E-state index in [1.165, 1.54) is 0 Å². The molecule has 0 aliphatic carbocycles. The molecular formula is C11H19N3O2S.